The number of rotatable bonds is 6. The van der Waals surface area contributed by atoms with Gasteiger partial charge in [-0.2, -0.15) is 5.10 Å². The summed E-state index contributed by atoms with van der Waals surface area (Å²) in [7, 11) is 0. The Morgan fingerprint density at radius 3 is 2.86 bits per heavy atom. The Labute approximate surface area is 137 Å². The molecule has 2 heterocycles. The zero-order valence-electron chi connectivity index (χ0n) is 12.6. The van der Waals surface area contributed by atoms with E-state index in [1.54, 1.807) is 18.0 Å². The quantitative estimate of drug-likeness (QED) is 0.746. The SMILES string of the molecule is CC1(C(=O)O)CCN(C(=O)NCCCCn2cc(Br)cn2)C1. The van der Waals surface area contributed by atoms with Crippen LogP contribution in [0.2, 0.25) is 0 Å². The van der Waals surface area contributed by atoms with Crippen molar-refractivity contribution in [2.75, 3.05) is 19.6 Å². The number of carbonyl (C=O) groups is 2. The molecule has 8 heteroatoms. The predicted molar refractivity (Wildman–Crippen MR) is 84.5 cm³/mol. The maximum Gasteiger partial charge on any atom is 0.317 e. The first-order valence-corrected chi connectivity index (χ1v) is 8.14. The largest absolute Gasteiger partial charge is 0.481 e. The highest BCUT2D eigenvalue weighted by molar-refractivity contribution is 9.10. The van der Waals surface area contributed by atoms with Crippen LogP contribution in [-0.4, -0.2) is 51.4 Å². The number of nitrogens with one attached hydrogen (secondary N) is 1. The standard InChI is InChI=1S/C14H21BrN4O3/c1-14(12(20)21)4-7-18(10-14)13(22)16-5-2-3-6-19-9-11(15)8-17-19/h8-9H,2-7,10H2,1H3,(H,16,22)(H,20,21). The number of likely N-dealkylation sites (tertiary alicyclic amines) is 1. The van der Waals surface area contributed by atoms with Gasteiger partial charge in [-0.1, -0.05) is 0 Å². The third-order valence-electron chi connectivity index (χ3n) is 3.97. The summed E-state index contributed by atoms with van der Waals surface area (Å²) in [6, 6.07) is -0.174. The van der Waals surface area contributed by atoms with E-state index in [9.17, 15) is 9.59 Å². The molecule has 22 heavy (non-hydrogen) atoms. The number of carboxylic acids is 1. The van der Waals surface area contributed by atoms with Gasteiger partial charge in [0, 0.05) is 32.4 Å². The molecule has 1 aromatic heterocycles. The number of aliphatic carboxylic acids is 1. The Morgan fingerprint density at radius 2 is 2.27 bits per heavy atom. The van der Waals surface area contributed by atoms with Crippen LogP contribution in [0.1, 0.15) is 26.2 Å². The first-order valence-electron chi connectivity index (χ1n) is 7.35. The molecule has 1 saturated heterocycles. The van der Waals surface area contributed by atoms with E-state index in [-0.39, 0.29) is 12.6 Å². The van der Waals surface area contributed by atoms with Gasteiger partial charge in [-0.05, 0) is 42.1 Å². The zero-order chi connectivity index (χ0) is 16.2. The Morgan fingerprint density at radius 1 is 1.50 bits per heavy atom. The predicted octanol–water partition coefficient (Wildman–Crippen LogP) is 1.93. The molecular formula is C14H21BrN4O3. The second-order valence-electron chi connectivity index (χ2n) is 5.90. The highest BCUT2D eigenvalue weighted by atomic mass is 79.9. The number of hydrogen-bond donors (Lipinski definition) is 2. The number of aryl methyl sites for hydroxylation is 1. The summed E-state index contributed by atoms with van der Waals surface area (Å²) in [6.07, 6.45) is 5.93. The van der Waals surface area contributed by atoms with Crippen LogP contribution in [0.4, 0.5) is 4.79 Å². The van der Waals surface area contributed by atoms with Crippen LogP contribution >= 0.6 is 15.9 Å². The van der Waals surface area contributed by atoms with E-state index < -0.39 is 11.4 Å². The lowest BCUT2D eigenvalue weighted by atomic mass is 9.90. The molecule has 1 aromatic rings. The summed E-state index contributed by atoms with van der Waals surface area (Å²) in [5.41, 5.74) is -0.815. The minimum absolute atomic E-state index is 0.174. The van der Waals surface area contributed by atoms with Gasteiger partial charge in [-0.15, -0.1) is 0 Å². The maximum absolute atomic E-state index is 12.0. The van der Waals surface area contributed by atoms with Crippen LogP contribution < -0.4 is 5.32 Å². The summed E-state index contributed by atoms with van der Waals surface area (Å²) in [4.78, 5) is 24.7. The van der Waals surface area contributed by atoms with E-state index in [2.05, 4.69) is 26.3 Å². The van der Waals surface area contributed by atoms with Crippen LogP contribution in [0.25, 0.3) is 0 Å². The summed E-state index contributed by atoms with van der Waals surface area (Å²) < 4.78 is 2.81. The van der Waals surface area contributed by atoms with E-state index >= 15 is 0 Å². The Bertz CT molecular complexity index is 548. The van der Waals surface area contributed by atoms with Gasteiger partial charge in [0.2, 0.25) is 0 Å². The molecule has 1 unspecified atom stereocenters. The first-order chi connectivity index (χ1) is 10.4. The first kappa shape index (κ1) is 16.8. The van der Waals surface area contributed by atoms with Crippen LogP contribution in [0.5, 0.6) is 0 Å². The fourth-order valence-electron chi connectivity index (χ4n) is 2.48. The van der Waals surface area contributed by atoms with Gasteiger partial charge >= 0.3 is 12.0 Å². The Hall–Kier alpha value is -1.57. The summed E-state index contributed by atoms with van der Waals surface area (Å²) >= 11 is 3.34. The molecule has 1 atom stereocenters. The van der Waals surface area contributed by atoms with Gasteiger partial charge in [-0.3, -0.25) is 9.48 Å². The van der Waals surface area contributed by atoms with Crippen molar-refractivity contribution >= 4 is 27.9 Å². The van der Waals surface area contributed by atoms with E-state index in [0.29, 0.717) is 19.5 Å². The molecule has 0 aromatic carbocycles. The smallest absolute Gasteiger partial charge is 0.317 e. The molecular weight excluding hydrogens is 352 g/mol. The molecule has 2 amide bonds. The lowest BCUT2D eigenvalue weighted by molar-refractivity contribution is -0.146. The molecule has 0 spiro atoms. The summed E-state index contributed by atoms with van der Waals surface area (Å²) in [6.45, 7) is 3.85. The zero-order valence-corrected chi connectivity index (χ0v) is 14.2. The topological polar surface area (TPSA) is 87.5 Å². The average Bonchev–Trinajstić information content (AvgIpc) is 3.05. The van der Waals surface area contributed by atoms with Gasteiger partial charge in [0.25, 0.3) is 0 Å². The Kier molecular flexibility index (Phi) is 5.44. The van der Waals surface area contributed by atoms with Crippen LogP contribution in [-0.2, 0) is 11.3 Å². The average molecular weight is 373 g/mol. The normalized spacial score (nSPS) is 21.1. The van der Waals surface area contributed by atoms with Crippen LogP contribution in [0, 0.1) is 5.41 Å². The van der Waals surface area contributed by atoms with Crippen molar-refractivity contribution in [3.63, 3.8) is 0 Å². The van der Waals surface area contributed by atoms with Crippen LogP contribution in [0.15, 0.2) is 16.9 Å². The molecule has 1 aliphatic heterocycles. The highest BCUT2D eigenvalue weighted by Gasteiger charge is 2.42. The molecule has 1 aliphatic rings. The van der Waals surface area contributed by atoms with Crippen molar-refractivity contribution in [2.24, 2.45) is 5.41 Å². The van der Waals surface area contributed by atoms with Crippen molar-refractivity contribution in [2.45, 2.75) is 32.7 Å². The number of unbranched alkanes of at least 4 members (excludes halogenated alkanes) is 1. The third-order valence-corrected chi connectivity index (χ3v) is 4.38. The van der Waals surface area contributed by atoms with Crippen LogP contribution in [0.3, 0.4) is 0 Å². The van der Waals surface area contributed by atoms with E-state index in [4.69, 9.17) is 5.11 Å². The number of urea groups is 1. The van der Waals surface area contributed by atoms with Gasteiger partial charge in [0.05, 0.1) is 16.1 Å². The summed E-state index contributed by atoms with van der Waals surface area (Å²) in [5, 5.41) is 16.2. The fourth-order valence-corrected chi connectivity index (χ4v) is 2.80. The minimum atomic E-state index is -0.840. The monoisotopic (exact) mass is 372 g/mol. The number of carbonyl (C=O) groups excluding carboxylic acids is 1. The minimum Gasteiger partial charge on any atom is -0.481 e. The highest BCUT2D eigenvalue weighted by Crippen LogP contribution is 2.29. The summed E-state index contributed by atoms with van der Waals surface area (Å²) in [5.74, 6) is -0.840. The molecule has 7 nitrogen and oxygen atoms in total. The van der Waals surface area contributed by atoms with Crippen molar-refractivity contribution in [1.29, 1.82) is 0 Å². The molecule has 0 bridgehead atoms. The fraction of sp³-hybridized carbons (Fsp3) is 0.643. The third kappa shape index (κ3) is 4.22. The van der Waals surface area contributed by atoms with E-state index in [1.807, 2.05) is 10.9 Å². The maximum atomic E-state index is 12.0. The lowest BCUT2D eigenvalue weighted by Gasteiger charge is -2.20. The molecule has 0 radical (unpaired) electrons. The number of amides is 2. The number of nitrogens with zero attached hydrogens (tertiary/aromatic N) is 3. The number of carboxylic acid groups (broad SMARTS) is 1. The molecule has 2 N–H and O–H groups in total. The number of halogens is 1. The molecule has 122 valence electrons. The van der Waals surface area contributed by atoms with Crippen molar-refractivity contribution in [3.8, 4) is 0 Å². The van der Waals surface area contributed by atoms with Gasteiger partial charge in [0.15, 0.2) is 0 Å². The van der Waals surface area contributed by atoms with E-state index in [1.165, 1.54) is 0 Å². The second kappa shape index (κ2) is 7.13. The molecule has 0 saturated carbocycles. The lowest BCUT2D eigenvalue weighted by Crippen LogP contribution is -2.41. The van der Waals surface area contributed by atoms with Gasteiger partial charge in [-0.25, -0.2) is 4.79 Å². The van der Waals surface area contributed by atoms with Crippen molar-refractivity contribution < 1.29 is 14.7 Å². The molecule has 2 rings (SSSR count). The number of hydrogen-bond acceptors (Lipinski definition) is 3. The second-order valence-corrected chi connectivity index (χ2v) is 6.81. The van der Waals surface area contributed by atoms with Crippen molar-refractivity contribution in [3.05, 3.63) is 16.9 Å². The van der Waals surface area contributed by atoms with Gasteiger partial charge < -0.3 is 15.3 Å². The Balaban J connectivity index is 1.63. The van der Waals surface area contributed by atoms with Gasteiger partial charge in [0.1, 0.15) is 0 Å². The molecule has 0 aliphatic carbocycles. The van der Waals surface area contributed by atoms with Crippen molar-refractivity contribution in [1.82, 2.24) is 20.0 Å². The van der Waals surface area contributed by atoms with E-state index in [0.717, 1.165) is 23.9 Å². The molecule has 1 fully saturated rings. The number of aromatic nitrogens is 2.